The molecule has 0 aliphatic heterocycles. The molecule has 2 amide bonds. The quantitative estimate of drug-likeness (QED) is 0.0555. The number of rotatable bonds is 16. The van der Waals surface area contributed by atoms with E-state index >= 15 is 0 Å². The number of ether oxygens (including phenoxy) is 2. The fourth-order valence-electron chi connectivity index (χ4n) is 7.93. The molecule has 2 atom stereocenters. The third kappa shape index (κ3) is 13.3. The number of fused-ring (bicyclic) bond motifs is 2. The number of aromatic amines is 2. The largest absolute Gasteiger partial charge is 0.495 e. The van der Waals surface area contributed by atoms with Gasteiger partial charge in [0.05, 0.1) is 27.4 Å². The number of H-pyrrole nitrogens is 2. The highest BCUT2D eigenvalue weighted by Crippen LogP contribution is 2.28. The molecule has 0 spiro atoms. The predicted octanol–water partition coefficient (Wildman–Crippen LogP) is 5.64. The summed E-state index contributed by atoms with van der Waals surface area (Å²) in [5, 5.41) is 27.0. The van der Waals surface area contributed by atoms with Crippen LogP contribution in [0.2, 0.25) is 0 Å². The van der Waals surface area contributed by atoms with Crippen molar-refractivity contribution >= 4 is 53.7 Å². The SMILES string of the molecule is CNC(=O)c1ccc(C#Cc2ccc(OC)c(S(=O)(=O)N[C@@H](CO)Cc3c[nH]c4ccccc34)c2)cc1.CNC(=O)c1cccc(C#Cc2ccc(OC)c(S(=O)(=O)N[C@@H](CO)Cc3c[nH]c4ccccc34)c2)c1. The molecule has 6 aromatic carbocycles. The Labute approximate surface area is 429 Å². The molecule has 2 heterocycles. The lowest BCUT2D eigenvalue weighted by atomic mass is 10.1. The summed E-state index contributed by atoms with van der Waals surface area (Å²) in [5.41, 5.74) is 6.85. The van der Waals surface area contributed by atoms with E-state index < -0.39 is 32.1 Å². The number of aliphatic hydroxyl groups excluding tert-OH is 2. The molecular weight excluding hydrogens is 981 g/mol. The summed E-state index contributed by atoms with van der Waals surface area (Å²) in [6, 6.07) is 36.8. The maximum Gasteiger partial charge on any atom is 0.251 e. The van der Waals surface area contributed by atoms with E-state index in [-0.39, 0.29) is 46.3 Å². The van der Waals surface area contributed by atoms with Crippen LogP contribution in [-0.4, -0.2) is 102 Å². The number of hydrogen-bond donors (Lipinski definition) is 8. The molecule has 380 valence electrons. The number of para-hydroxylation sites is 2. The first kappa shape index (κ1) is 53.6. The lowest BCUT2D eigenvalue weighted by molar-refractivity contribution is 0.0955. The van der Waals surface area contributed by atoms with Gasteiger partial charge in [-0.05, 0) is 115 Å². The minimum absolute atomic E-state index is 0.0749. The Hall–Kier alpha value is -8.20. The van der Waals surface area contributed by atoms with Crippen LogP contribution in [0.3, 0.4) is 0 Å². The van der Waals surface area contributed by atoms with E-state index in [4.69, 9.17) is 9.47 Å². The van der Waals surface area contributed by atoms with Crippen molar-refractivity contribution < 1.29 is 46.1 Å². The molecule has 74 heavy (non-hydrogen) atoms. The van der Waals surface area contributed by atoms with Gasteiger partial charge in [0.2, 0.25) is 20.0 Å². The molecular formula is C56H54N6O10S2. The van der Waals surface area contributed by atoms with E-state index in [9.17, 15) is 36.6 Å². The van der Waals surface area contributed by atoms with E-state index in [1.54, 1.807) is 80.8 Å². The maximum atomic E-state index is 13.3. The predicted molar refractivity (Wildman–Crippen MR) is 284 cm³/mol. The second-order valence-corrected chi connectivity index (χ2v) is 20.0. The number of hydrogen-bond acceptors (Lipinski definition) is 10. The summed E-state index contributed by atoms with van der Waals surface area (Å²) in [5.74, 6) is 11.8. The van der Waals surface area contributed by atoms with Gasteiger partial charge >= 0.3 is 0 Å². The number of carbonyl (C=O) groups excluding carboxylic acids is 2. The number of sulfonamides is 2. The van der Waals surface area contributed by atoms with Gasteiger partial charge < -0.3 is 40.3 Å². The molecule has 0 fully saturated rings. The van der Waals surface area contributed by atoms with Crippen molar-refractivity contribution in [3.8, 4) is 35.2 Å². The second kappa shape index (κ2) is 24.5. The zero-order valence-electron chi connectivity index (χ0n) is 40.8. The van der Waals surface area contributed by atoms with Gasteiger partial charge in [0.25, 0.3) is 11.8 Å². The summed E-state index contributed by atoms with van der Waals surface area (Å²) >= 11 is 0. The minimum Gasteiger partial charge on any atom is -0.495 e. The number of amides is 2. The smallest absolute Gasteiger partial charge is 0.251 e. The standard InChI is InChI=1S/2C28H27N3O5S/c1-29-28(33)21-7-5-6-19(14-21)10-11-20-12-13-26(36-2)27(15-20)37(34,35)31-23(18-32)16-22-17-30-25-9-4-3-8-24(22)25;1-29-28(33)21-12-9-19(10-13-21)7-8-20-11-14-26(36-2)27(15-20)37(34,35)31-23(18-32)16-22-17-30-25-6-4-3-5-24(22)25/h3-9,12-15,17,23,30-32H,16,18H2,1-2H3,(H,29,33);3-6,9-15,17,23,30-32H,16,18H2,1-2H3,(H,29,33)/t2*23-/m11/s1. The monoisotopic (exact) mass is 1030 g/mol. The Morgan fingerprint density at radius 1 is 0.527 bits per heavy atom. The Morgan fingerprint density at radius 2 is 0.946 bits per heavy atom. The molecule has 18 heteroatoms. The summed E-state index contributed by atoms with van der Waals surface area (Å²) in [6.07, 6.45) is 4.23. The zero-order chi connectivity index (χ0) is 52.8. The molecule has 0 saturated carbocycles. The summed E-state index contributed by atoms with van der Waals surface area (Å²) in [6.45, 7) is -0.769. The first-order valence-corrected chi connectivity index (χ1v) is 26.1. The van der Waals surface area contributed by atoms with E-state index in [1.165, 1.54) is 32.4 Å². The molecule has 16 nitrogen and oxygen atoms in total. The second-order valence-electron chi connectivity index (χ2n) is 16.7. The summed E-state index contributed by atoms with van der Waals surface area (Å²) in [4.78, 5) is 29.7. The lowest BCUT2D eigenvalue weighted by Crippen LogP contribution is -2.39. The van der Waals surface area contributed by atoms with Gasteiger partial charge in [-0.1, -0.05) is 66.1 Å². The number of methoxy groups -OCH3 is 2. The number of benzene rings is 6. The van der Waals surface area contributed by atoms with Crippen molar-refractivity contribution in [2.45, 2.75) is 34.7 Å². The average Bonchev–Trinajstić information content (AvgIpc) is 4.04. The van der Waals surface area contributed by atoms with Crippen molar-refractivity contribution in [3.05, 3.63) is 190 Å². The molecule has 0 aliphatic carbocycles. The van der Waals surface area contributed by atoms with Crippen molar-refractivity contribution in [1.29, 1.82) is 0 Å². The fourth-order valence-corrected chi connectivity index (χ4v) is 10.8. The van der Waals surface area contributed by atoms with Gasteiger partial charge in [-0.2, -0.15) is 0 Å². The van der Waals surface area contributed by atoms with Crippen molar-refractivity contribution in [2.75, 3.05) is 41.5 Å². The summed E-state index contributed by atoms with van der Waals surface area (Å²) < 4.78 is 69.2. The average molecular weight is 1040 g/mol. The third-order valence-corrected chi connectivity index (χ3v) is 14.8. The topological polar surface area (TPSA) is 241 Å². The summed E-state index contributed by atoms with van der Waals surface area (Å²) in [7, 11) is -2.22. The first-order chi connectivity index (χ1) is 35.7. The first-order valence-electron chi connectivity index (χ1n) is 23.1. The van der Waals surface area contributed by atoms with E-state index in [0.717, 1.165) is 32.9 Å². The normalized spacial score (nSPS) is 12.0. The Balaban J connectivity index is 0.000000216. The molecule has 8 rings (SSSR count). The van der Waals surface area contributed by atoms with Crippen LogP contribution >= 0.6 is 0 Å². The number of aromatic nitrogens is 2. The lowest BCUT2D eigenvalue weighted by Gasteiger charge is -2.18. The molecule has 0 bridgehead atoms. The minimum atomic E-state index is -4.06. The molecule has 0 unspecified atom stereocenters. The van der Waals surface area contributed by atoms with Crippen LogP contribution in [0.15, 0.2) is 156 Å². The fraction of sp³-hybridized carbons (Fsp3) is 0.179. The molecule has 8 aromatic rings. The number of aliphatic hydroxyl groups is 2. The Morgan fingerprint density at radius 3 is 1.39 bits per heavy atom. The zero-order valence-corrected chi connectivity index (χ0v) is 42.4. The van der Waals surface area contributed by atoms with E-state index in [1.807, 2.05) is 60.9 Å². The van der Waals surface area contributed by atoms with Crippen LogP contribution in [0.25, 0.3) is 21.8 Å². The van der Waals surface area contributed by atoms with Crippen LogP contribution < -0.4 is 29.6 Å². The van der Waals surface area contributed by atoms with Gasteiger partial charge in [-0.3, -0.25) is 9.59 Å². The van der Waals surface area contributed by atoms with Crippen LogP contribution in [0.5, 0.6) is 11.5 Å². The van der Waals surface area contributed by atoms with Crippen LogP contribution in [0.4, 0.5) is 0 Å². The van der Waals surface area contributed by atoms with Gasteiger partial charge in [-0.15, -0.1) is 0 Å². The molecule has 0 saturated heterocycles. The van der Waals surface area contributed by atoms with Crippen molar-refractivity contribution in [3.63, 3.8) is 0 Å². The van der Waals surface area contributed by atoms with Gasteiger partial charge in [0.1, 0.15) is 21.3 Å². The van der Waals surface area contributed by atoms with Gasteiger partial charge in [0, 0.05) is 93.8 Å². The van der Waals surface area contributed by atoms with E-state index in [2.05, 4.69) is 53.7 Å². The molecule has 8 N–H and O–H groups in total. The highest BCUT2D eigenvalue weighted by atomic mass is 32.2. The van der Waals surface area contributed by atoms with Crippen LogP contribution in [0, 0.1) is 23.7 Å². The number of carbonyl (C=O) groups is 2. The highest BCUT2D eigenvalue weighted by molar-refractivity contribution is 7.90. The van der Waals surface area contributed by atoms with Crippen LogP contribution in [-0.2, 0) is 32.9 Å². The van der Waals surface area contributed by atoms with Crippen molar-refractivity contribution in [1.82, 2.24) is 30.0 Å². The molecule has 0 aliphatic rings. The van der Waals surface area contributed by atoms with Crippen LogP contribution in [0.1, 0.15) is 54.1 Å². The molecule has 0 radical (unpaired) electrons. The maximum absolute atomic E-state index is 13.3. The highest BCUT2D eigenvalue weighted by Gasteiger charge is 2.26. The van der Waals surface area contributed by atoms with Crippen molar-refractivity contribution in [2.24, 2.45) is 0 Å². The van der Waals surface area contributed by atoms with Gasteiger partial charge in [-0.25, -0.2) is 26.3 Å². The Kier molecular flexibility index (Phi) is 17.7. The third-order valence-electron chi connectivity index (χ3n) is 11.7. The van der Waals surface area contributed by atoms with E-state index in [0.29, 0.717) is 46.2 Å². The molecule has 2 aromatic heterocycles. The van der Waals surface area contributed by atoms with Gasteiger partial charge in [0.15, 0.2) is 0 Å². The Bertz CT molecular complexity index is 3660. The number of nitrogens with one attached hydrogen (secondary N) is 6.